The second-order valence-electron chi connectivity index (χ2n) is 3.23. The first-order valence-corrected chi connectivity index (χ1v) is 4.95. The average molecular weight is 187 g/mol. The smallest absolute Gasteiger partial charge is 0.314 e. The topological polar surface area (TPSA) is 67.2 Å². The normalized spacial score (nSPS) is 12.2. The first kappa shape index (κ1) is 12.2. The van der Waals surface area contributed by atoms with Gasteiger partial charge < -0.3 is 16.4 Å². The van der Waals surface area contributed by atoms with Gasteiger partial charge in [-0.2, -0.15) is 0 Å². The summed E-state index contributed by atoms with van der Waals surface area (Å²) in [4.78, 5) is 11.1. The van der Waals surface area contributed by atoms with E-state index in [1.54, 1.807) is 0 Å². The lowest BCUT2D eigenvalue weighted by molar-refractivity contribution is 0.237. The van der Waals surface area contributed by atoms with Crippen molar-refractivity contribution in [2.45, 2.75) is 39.2 Å². The van der Waals surface area contributed by atoms with Crippen LogP contribution >= 0.6 is 0 Å². The van der Waals surface area contributed by atoms with Gasteiger partial charge in [-0.1, -0.05) is 6.92 Å². The predicted molar refractivity (Wildman–Crippen MR) is 54.6 cm³/mol. The summed E-state index contributed by atoms with van der Waals surface area (Å²) in [7, 11) is 0. The van der Waals surface area contributed by atoms with Crippen LogP contribution in [-0.4, -0.2) is 25.2 Å². The highest BCUT2D eigenvalue weighted by Gasteiger charge is 2.04. The molecule has 0 aliphatic carbocycles. The van der Waals surface area contributed by atoms with Gasteiger partial charge in [0.2, 0.25) is 0 Å². The van der Waals surface area contributed by atoms with Crippen molar-refractivity contribution >= 4 is 6.03 Å². The van der Waals surface area contributed by atoms with Crippen molar-refractivity contribution in [3.63, 3.8) is 0 Å². The summed E-state index contributed by atoms with van der Waals surface area (Å²) in [6.45, 7) is 5.43. The maximum absolute atomic E-state index is 11.1. The first-order chi connectivity index (χ1) is 6.20. The summed E-state index contributed by atoms with van der Waals surface area (Å²) in [5.41, 5.74) is 5.36. The molecule has 4 heteroatoms. The number of carbonyl (C=O) groups is 1. The molecular weight excluding hydrogens is 166 g/mol. The van der Waals surface area contributed by atoms with Gasteiger partial charge in [0.25, 0.3) is 0 Å². The van der Waals surface area contributed by atoms with E-state index in [9.17, 15) is 4.79 Å². The standard InChI is InChI=1S/C9H21N3O/c1-3-7-11-9(13)12-8(2)5-4-6-10/h8H,3-7,10H2,1-2H3,(H2,11,12,13). The Morgan fingerprint density at radius 3 is 2.77 bits per heavy atom. The summed E-state index contributed by atoms with van der Waals surface area (Å²) in [5, 5.41) is 5.60. The van der Waals surface area contributed by atoms with Crippen LogP contribution in [0.1, 0.15) is 33.1 Å². The monoisotopic (exact) mass is 187 g/mol. The van der Waals surface area contributed by atoms with E-state index in [-0.39, 0.29) is 12.1 Å². The minimum absolute atomic E-state index is 0.0774. The van der Waals surface area contributed by atoms with Gasteiger partial charge in [0.15, 0.2) is 0 Å². The highest BCUT2D eigenvalue weighted by molar-refractivity contribution is 5.74. The van der Waals surface area contributed by atoms with Gasteiger partial charge in [0.05, 0.1) is 0 Å². The Morgan fingerprint density at radius 1 is 1.54 bits per heavy atom. The van der Waals surface area contributed by atoms with Gasteiger partial charge >= 0.3 is 6.03 Å². The van der Waals surface area contributed by atoms with Crippen LogP contribution in [0.4, 0.5) is 4.79 Å². The zero-order valence-corrected chi connectivity index (χ0v) is 8.60. The van der Waals surface area contributed by atoms with Gasteiger partial charge in [0, 0.05) is 12.6 Å². The lowest BCUT2D eigenvalue weighted by atomic mass is 10.2. The number of nitrogens with one attached hydrogen (secondary N) is 2. The second kappa shape index (κ2) is 7.86. The molecule has 0 radical (unpaired) electrons. The van der Waals surface area contributed by atoms with Crippen molar-refractivity contribution in [2.24, 2.45) is 5.73 Å². The van der Waals surface area contributed by atoms with E-state index in [2.05, 4.69) is 10.6 Å². The van der Waals surface area contributed by atoms with E-state index >= 15 is 0 Å². The molecule has 0 aromatic carbocycles. The van der Waals surface area contributed by atoms with Crippen LogP contribution in [-0.2, 0) is 0 Å². The number of rotatable bonds is 6. The van der Waals surface area contributed by atoms with Gasteiger partial charge in [0.1, 0.15) is 0 Å². The minimum atomic E-state index is -0.0774. The Labute approximate surface area is 80.3 Å². The van der Waals surface area contributed by atoms with E-state index in [0.717, 1.165) is 25.8 Å². The van der Waals surface area contributed by atoms with Crippen molar-refractivity contribution in [3.8, 4) is 0 Å². The largest absolute Gasteiger partial charge is 0.338 e. The molecule has 4 N–H and O–H groups in total. The van der Waals surface area contributed by atoms with E-state index < -0.39 is 0 Å². The molecule has 0 rings (SSSR count). The van der Waals surface area contributed by atoms with Crippen LogP contribution in [0.5, 0.6) is 0 Å². The molecule has 0 saturated carbocycles. The van der Waals surface area contributed by atoms with Crippen LogP contribution in [0.2, 0.25) is 0 Å². The van der Waals surface area contributed by atoms with Crippen molar-refractivity contribution in [1.82, 2.24) is 10.6 Å². The van der Waals surface area contributed by atoms with Crippen LogP contribution in [0, 0.1) is 0 Å². The fourth-order valence-corrected chi connectivity index (χ4v) is 1.01. The molecule has 0 aromatic rings. The number of carbonyl (C=O) groups excluding carboxylic acids is 1. The Bertz CT molecular complexity index is 139. The van der Waals surface area contributed by atoms with Crippen molar-refractivity contribution in [2.75, 3.05) is 13.1 Å². The maximum Gasteiger partial charge on any atom is 0.314 e. The fourth-order valence-electron chi connectivity index (χ4n) is 1.01. The summed E-state index contributed by atoms with van der Waals surface area (Å²) >= 11 is 0. The van der Waals surface area contributed by atoms with Crippen molar-refractivity contribution in [3.05, 3.63) is 0 Å². The third-order valence-corrected chi connectivity index (χ3v) is 1.75. The first-order valence-electron chi connectivity index (χ1n) is 4.95. The lowest BCUT2D eigenvalue weighted by Crippen LogP contribution is -2.41. The molecule has 0 bridgehead atoms. The molecule has 0 aliphatic rings. The zero-order valence-electron chi connectivity index (χ0n) is 8.60. The molecule has 0 aliphatic heterocycles. The molecule has 13 heavy (non-hydrogen) atoms. The van der Waals surface area contributed by atoms with Crippen LogP contribution in [0.3, 0.4) is 0 Å². The summed E-state index contributed by atoms with van der Waals surface area (Å²) in [6.07, 6.45) is 2.86. The van der Waals surface area contributed by atoms with Gasteiger partial charge in [-0.25, -0.2) is 4.79 Å². The number of hydrogen-bond donors (Lipinski definition) is 3. The highest BCUT2D eigenvalue weighted by atomic mass is 16.2. The van der Waals surface area contributed by atoms with Crippen LogP contribution in [0.25, 0.3) is 0 Å². The van der Waals surface area contributed by atoms with E-state index in [0.29, 0.717) is 6.54 Å². The highest BCUT2D eigenvalue weighted by Crippen LogP contribution is 1.93. The lowest BCUT2D eigenvalue weighted by Gasteiger charge is -2.13. The van der Waals surface area contributed by atoms with Crippen LogP contribution in [0.15, 0.2) is 0 Å². The zero-order chi connectivity index (χ0) is 10.1. The Kier molecular flexibility index (Phi) is 7.39. The Balaban J connectivity index is 3.41. The minimum Gasteiger partial charge on any atom is -0.338 e. The fraction of sp³-hybridized carbons (Fsp3) is 0.889. The molecule has 2 amide bonds. The van der Waals surface area contributed by atoms with Crippen molar-refractivity contribution < 1.29 is 4.79 Å². The number of urea groups is 1. The van der Waals surface area contributed by atoms with E-state index in [1.807, 2.05) is 13.8 Å². The molecule has 0 heterocycles. The second-order valence-corrected chi connectivity index (χ2v) is 3.23. The van der Waals surface area contributed by atoms with E-state index in [1.165, 1.54) is 0 Å². The molecular formula is C9H21N3O. The maximum atomic E-state index is 11.1. The average Bonchev–Trinajstić information content (AvgIpc) is 2.11. The summed E-state index contributed by atoms with van der Waals surface area (Å²) in [5.74, 6) is 0. The molecule has 1 unspecified atom stereocenters. The summed E-state index contributed by atoms with van der Waals surface area (Å²) < 4.78 is 0. The molecule has 0 fully saturated rings. The molecule has 78 valence electrons. The Hall–Kier alpha value is -0.770. The molecule has 0 saturated heterocycles. The number of amides is 2. The number of hydrogen-bond acceptors (Lipinski definition) is 2. The predicted octanol–water partition coefficient (Wildman–Crippen LogP) is 0.823. The van der Waals surface area contributed by atoms with Gasteiger partial charge in [-0.15, -0.1) is 0 Å². The summed E-state index contributed by atoms with van der Waals surface area (Å²) in [6, 6.07) is 0.131. The molecule has 0 spiro atoms. The quantitative estimate of drug-likeness (QED) is 0.576. The van der Waals surface area contributed by atoms with E-state index in [4.69, 9.17) is 5.73 Å². The third kappa shape index (κ3) is 7.59. The van der Waals surface area contributed by atoms with Gasteiger partial charge in [-0.05, 0) is 32.7 Å². The third-order valence-electron chi connectivity index (χ3n) is 1.75. The number of nitrogens with two attached hydrogens (primary N) is 1. The van der Waals surface area contributed by atoms with Crippen molar-refractivity contribution in [1.29, 1.82) is 0 Å². The molecule has 0 aromatic heterocycles. The SMILES string of the molecule is CCCNC(=O)NC(C)CCCN. The van der Waals surface area contributed by atoms with Crippen LogP contribution < -0.4 is 16.4 Å². The van der Waals surface area contributed by atoms with Gasteiger partial charge in [-0.3, -0.25) is 0 Å². The molecule has 4 nitrogen and oxygen atoms in total. The Morgan fingerprint density at radius 2 is 2.23 bits per heavy atom. The molecule has 1 atom stereocenters.